The van der Waals surface area contributed by atoms with Gasteiger partial charge in [0.25, 0.3) is 0 Å². The topological polar surface area (TPSA) is 24.8 Å². The summed E-state index contributed by atoms with van der Waals surface area (Å²) in [7, 11) is 0. The SMILES string of the molecule is CCCCOc1ccc(C2=CSC3=NCCN23)cc1Cl. The molecule has 1 aromatic rings. The molecule has 2 aliphatic heterocycles. The van der Waals surface area contributed by atoms with Crippen molar-refractivity contribution in [3.8, 4) is 5.75 Å². The number of unbranched alkanes of at least 4 members (excludes halogenated alkanes) is 1. The predicted octanol–water partition coefficient (Wildman–Crippen LogP) is 4.24. The molecule has 0 bridgehead atoms. The number of thioether (sulfide) groups is 1. The van der Waals surface area contributed by atoms with Crippen LogP contribution in [0.3, 0.4) is 0 Å². The molecule has 1 aromatic carbocycles. The maximum Gasteiger partial charge on any atom is 0.168 e. The molecule has 20 heavy (non-hydrogen) atoms. The zero-order chi connectivity index (χ0) is 13.9. The minimum atomic E-state index is 0.675. The minimum Gasteiger partial charge on any atom is -0.492 e. The highest BCUT2D eigenvalue weighted by Gasteiger charge is 2.27. The van der Waals surface area contributed by atoms with Gasteiger partial charge in [-0.25, -0.2) is 0 Å². The molecule has 3 rings (SSSR count). The lowest BCUT2D eigenvalue weighted by atomic mass is 10.1. The number of aliphatic imine (C=N–C) groups is 1. The highest BCUT2D eigenvalue weighted by Crippen LogP contribution is 2.37. The Bertz CT molecular complexity index is 571. The van der Waals surface area contributed by atoms with Crippen molar-refractivity contribution < 1.29 is 4.74 Å². The molecule has 2 aliphatic rings. The third kappa shape index (κ3) is 2.67. The molecule has 106 valence electrons. The molecule has 2 heterocycles. The number of rotatable bonds is 5. The fraction of sp³-hybridized carbons (Fsp3) is 0.400. The Hall–Kier alpha value is -1.13. The summed E-state index contributed by atoms with van der Waals surface area (Å²) >= 11 is 8.00. The molecule has 0 atom stereocenters. The summed E-state index contributed by atoms with van der Waals surface area (Å²) in [5.41, 5.74) is 2.31. The maximum absolute atomic E-state index is 6.32. The van der Waals surface area contributed by atoms with E-state index in [1.54, 1.807) is 11.8 Å². The van der Waals surface area contributed by atoms with Crippen molar-refractivity contribution >= 4 is 34.2 Å². The quantitative estimate of drug-likeness (QED) is 0.761. The Morgan fingerprint density at radius 2 is 2.35 bits per heavy atom. The van der Waals surface area contributed by atoms with Gasteiger partial charge in [-0.05, 0) is 24.6 Å². The first-order chi connectivity index (χ1) is 9.79. The molecule has 0 aromatic heterocycles. The first-order valence-electron chi connectivity index (χ1n) is 6.91. The molecular formula is C15H17ClN2OS. The van der Waals surface area contributed by atoms with Crippen LogP contribution in [0.4, 0.5) is 0 Å². The zero-order valence-electron chi connectivity index (χ0n) is 11.4. The molecule has 5 heteroatoms. The van der Waals surface area contributed by atoms with Gasteiger partial charge < -0.3 is 9.64 Å². The zero-order valence-corrected chi connectivity index (χ0v) is 13.0. The highest BCUT2D eigenvalue weighted by molar-refractivity contribution is 8.16. The van der Waals surface area contributed by atoms with Crippen LogP contribution >= 0.6 is 23.4 Å². The summed E-state index contributed by atoms with van der Waals surface area (Å²) in [6, 6.07) is 6.02. The van der Waals surface area contributed by atoms with E-state index in [0.717, 1.165) is 49.0 Å². The summed E-state index contributed by atoms with van der Waals surface area (Å²) in [5.74, 6) is 0.769. The van der Waals surface area contributed by atoms with Crippen LogP contribution in [-0.4, -0.2) is 29.8 Å². The van der Waals surface area contributed by atoms with Gasteiger partial charge in [-0.2, -0.15) is 0 Å². The number of ether oxygens (including phenoxy) is 1. The van der Waals surface area contributed by atoms with E-state index in [9.17, 15) is 0 Å². The minimum absolute atomic E-state index is 0.675. The number of fused-ring (bicyclic) bond motifs is 1. The van der Waals surface area contributed by atoms with Crippen molar-refractivity contribution in [3.05, 3.63) is 34.2 Å². The molecule has 0 N–H and O–H groups in total. The first-order valence-corrected chi connectivity index (χ1v) is 8.17. The van der Waals surface area contributed by atoms with Crippen LogP contribution in [-0.2, 0) is 0 Å². The van der Waals surface area contributed by atoms with E-state index in [1.807, 2.05) is 12.1 Å². The van der Waals surface area contributed by atoms with Crippen LogP contribution in [0, 0.1) is 0 Å². The number of amidine groups is 1. The van der Waals surface area contributed by atoms with E-state index in [0.29, 0.717) is 5.02 Å². The number of nitrogens with zero attached hydrogens (tertiary/aromatic N) is 2. The first kappa shape index (κ1) is 13.8. The summed E-state index contributed by atoms with van der Waals surface area (Å²) in [5, 5.41) is 3.91. The van der Waals surface area contributed by atoms with Gasteiger partial charge >= 0.3 is 0 Å². The van der Waals surface area contributed by atoms with Crippen LogP contribution < -0.4 is 4.74 Å². The van der Waals surface area contributed by atoms with E-state index < -0.39 is 0 Å². The van der Waals surface area contributed by atoms with Crippen LogP contribution in [0.1, 0.15) is 25.3 Å². The van der Waals surface area contributed by atoms with Gasteiger partial charge in [0.2, 0.25) is 0 Å². The van der Waals surface area contributed by atoms with Crippen molar-refractivity contribution in [3.63, 3.8) is 0 Å². The molecule has 0 amide bonds. The molecule has 3 nitrogen and oxygen atoms in total. The van der Waals surface area contributed by atoms with Crippen molar-refractivity contribution in [1.82, 2.24) is 4.90 Å². The van der Waals surface area contributed by atoms with Crippen molar-refractivity contribution in [2.45, 2.75) is 19.8 Å². The van der Waals surface area contributed by atoms with Gasteiger partial charge in [-0.1, -0.05) is 36.7 Å². The normalized spacial score (nSPS) is 17.0. The smallest absolute Gasteiger partial charge is 0.168 e. The van der Waals surface area contributed by atoms with Crippen molar-refractivity contribution in [2.24, 2.45) is 4.99 Å². The molecular weight excluding hydrogens is 292 g/mol. The monoisotopic (exact) mass is 308 g/mol. The van der Waals surface area contributed by atoms with Crippen LogP contribution in [0.5, 0.6) is 5.75 Å². The Morgan fingerprint density at radius 3 is 3.15 bits per heavy atom. The van der Waals surface area contributed by atoms with E-state index in [1.165, 1.54) is 5.70 Å². The summed E-state index contributed by atoms with van der Waals surface area (Å²) < 4.78 is 5.69. The second-order valence-electron chi connectivity index (χ2n) is 4.78. The molecule has 0 radical (unpaired) electrons. The number of hydrogen-bond donors (Lipinski definition) is 0. The van der Waals surface area contributed by atoms with Gasteiger partial charge in [0, 0.05) is 17.5 Å². The Balaban J connectivity index is 1.75. The number of hydrogen-bond acceptors (Lipinski definition) is 4. The molecule has 0 fully saturated rings. The molecule has 0 saturated carbocycles. The van der Waals surface area contributed by atoms with E-state index >= 15 is 0 Å². The fourth-order valence-electron chi connectivity index (χ4n) is 2.25. The lowest BCUT2D eigenvalue weighted by molar-refractivity contribution is 0.309. The van der Waals surface area contributed by atoms with E-state index in [-0.39, 0.29) is 0 Å². The van der Waals surface area contributed by atoms with Gasteiger partial charge in [0.05, 0.1) is 23.9 Å². The molecule has 0 saturated heterocycles. The lowest BCUT2D eigenvalue weighted by Crippen LogP contribution is -2.19. The second-order valence-corrected chi connectivity index (χ2v) is 6.03. The highest BCUT2D eigenvalue weighted by atomic mass is 35.5. The Labute approximate surface area is 128 Å². The average Bonchev–Trinajstić information content (AvgIpc) is 3.03. The second kappa shape index (κ2) is 6.10. The Morgan fingerprint density at radius 1 is 1.45 bits per heavy atom. The van der Waals surface area contributed by atoms with Crippen LogP contribution in [0.2, 0.25) is 5.02 Å². The lowest BCUT2D eigenvalue weighted by Gasteiger charge is -2.17. The third-order valence-corrected chi connectivity index (χ3v) is 4.55. The Kier molecular flexibility index (Phi) is 4.22. The van der Waals surface area contributed by atoms with Crippen molar-refractivity contribution in [2.75, 3.05) is 19.7 Å². The van der Waals surface area contributed by atoms with Gasteiger partial charge in [-0.3, -0.25) is 4.99 Å². The van der Waals surface area contributed by atoms with Crippen LogP contribution in [0.15, 0.2) is 28.6 Å². The fourth-order valence-corrected chi connectivity index (χ4v) is 3.45. The predicted molar refractivity (Wildman–Crippen MR) is 86.4 cm³/mol. The molecule has 0 aliphatic carbocycles. The van der Waals surface area contributed by atoms with E-state index in [4.69, 9.17) is 16.3 Å². The standard InChI is InChI=1S/C15H17ClN2OS/c1-2-3-8-19-14-5-4-11(9-12(14)16)13-10-20-15-17-6-7-18(13)15/h4-5,9-10H,2-3,6-8H2,1H3. The number of halogens is 1. The largest absolute Gasteiger partial charge is 0.492 e. The van der Waals surface area contributed by atoms with Gasteiger partial charge in [0.15, 0.2) is 5.17 Å². The van der Waals surface area contributed by atoms with Gasteiger partial charge in [0.1, 0.15) is 5.75 Å². The molecule has 0 spiro atoms. The summed E-state index contributed by atoms with van der Waals surface area (Å²) in [4.78, 5) is 6.70. The van der Waals surface area contributed by atoms with Crippen molar-refractivity contribution in [1.29, 1.82) is 0 Å². The third-order valence-electron chi connectivity index (χ3n) is 3.35. The summed E-state index contributed by atoms with van der Waals surface area (Å²) in [6.07, 6.45) is 2.17. The maximum atomic E-state index is 6.32. The summed E-state index contributed by atoms with van der Waals surface area (Å²) in [6.45, 7) is 4.71. The van der Waals surface area contributed by atoms with Crippen LogP contribution in [0.25, 0.3) is 5.70 Å². The average molecular weight is 309 g/mol. The van der Waals surface area contributed by atoms with E-state index in [2.05, 4.69) is 28.3 Å². The van der Waals surface area contributed by atoms with Gasteiger partial charge in [-0.15, -0.1) is 0 Å². The number of benzene rings is 1. The molecule has 0 unspecified atom stereocenters.